The van der Waals surface area contributed by atoms with Gasteiger partial charge in [0.15, 0.2) is 0 Å². The summed E-state index contributed by atoms with van der Waals surface area (Å²) < 4.78 is 0. The lowest BCUT2D eigenvalue weighted by molar-refractivity contribution is 0.0948. The number of aromatic nitrogens is 3. The van der Waals surface area contributed by atoms with E-state index in [0.29, 0.717) is 5.92 Å². The van der Waals surface area contributed by atoms with Gasteiger partial charge in [0, 0.05) is 5.92 Å². The lowest BCUT2D eigenvalue weighted by Crippen LogP contribution is -2.24. The van der Waals surface area contributed by atoms with Gasteiger partial charge < -0.3 is 5.32 Å². The van der Waals surface area contributed by atoms with Gasteiger partial charge in [-0.15, -0.1) is 11.5 Å². The minimum atomic E-state index is -0.328. The van der Waals surface area contributed by atoms with E-state index < -0.39 is 0 Å². The number of H-pyrrole nitrogens is 1. The number of hydrogen-bond donors (Lipinski definition) is 2. The first kappa shape index (κ1) is 8.75. The fraction of sp³-hybridized carbons (Fsp3) is 0.444. The molecule has 0 aromatic carbocycles. The van der Waals surface area contributed by atoms with Crippen molar-refractivity contribution in [3.63, 3.8) is 0 Å². The molecule has 14 heavy (non-hydrogen) atoms. The van der Waals surface area contributed by atoms with Crippen LogP contribution in [0.1, 0.15) is 35.2 Å². The molecule has 0 unspecified atom stereocenters. The highest BCUT2D eigenvalue weighted by Gasteiger charge is 2.27. The molecule has 1 heterocycles. The maximum Gasteiger partial charge on any atom is 0.291 e. The number of nitrogens with zero attached hydrogens (tertiary/aromatic N) is 2. The van der Waals surface area contributed by atoms with E-state index in [0.717, 1.165) is 18.7 Å². The number of carbonyl (C=O) groups excluding carboxylic acids is 1. The Hall–Kier alpha value is -1.83. The molecule has 0 atom stereocenters. The zero-order valence-corrected chi connectivity index (χ0v) is 7.58. The van der Waals surface area contributed by atoms with Crippen molar-refractivity contribution in [3.05, 3.63) is 11.6 Å². The summed E-state index contributed by atoms with van der Waals surface area (Å²) >= 11 is 0. The molecule has 2 rings (SSSR count). The molecule has 0 spiro atoms. The standard InChI is InChI=1S/C9H10N4O/c1-2-5-10-9(14)8-11-7(12-13-8)6-3-4-6/h1,6H,3-5H2,(H,10,14)(H,11,12,13). The van der Waals surface area contributed by atoms with Gasteiger partial charge in [-0.1, -0.05) is 5.92 Å². The minimum Gasteiger partial charge on any atom is -0.338 e. The Bertz CT molecular complexity index is 386. The molecular formula is C9H10N4O. The molecule has 0 saturated heterocycles. The monoisotopic (exact) mass is 190 g/mol. The summed E-state index contributed by atoms with van der Waals surface area (Å²) in [6.07, 6.45) is 7.26. The molecule has 5 nitrogen and oxygen atoms in total. The number of aromatic amines is 1. The summed E-state index contributed by atoms with van der Waals surface area (Å²) in [4.78, 5) is 15.4. The summed E-state index contributed by atoms with van der Waals surface area (Å²) in [5, 5.41) is 9.07. The summed E-state index contributed by atoms with van der Waals surface area (Å²) in [6, 6.07) is 0. The highest BCUT2D eigenvalue weighted by Crippen LogP contribution is 2.37. The normalized spacial score (nSPS) is 14.8. The quantitative estimate of drug-likeness (QED) is 0.661. The molecule has 2 N–H and O–H groups in total. The molecule has 0 radical (unpaired) electrons. The number of amides is 1. The third kappa shape index (κ3) is 1.74. The van der Waals surface area contributed by atoms with Crippen LogP contribution in [-0.4, -0.2) is 27.6 Å². The van der Waals surface area contributed by atoms with Gasteiger partial charge in [0.2, 0.25) is 5.82 Å². The van der Waals surface area contributed by atoms with E-state index in [9.17, 15) is 4.79 Å². The number of terminal acetylenes is 1. The first-order valence-electron chi connectivity index (χ1n) is 4.45. The van der Waals surface area contributed by atoms with Gasteiger partial charge in [-0.3, -0.25) is 9.89 Å². The predicted octanol–water partition coefficient (Wildman–Crippen LogP) is 0.0451. The first-order chi connectivity index (χ1) is 6.81. The van der Waals surface area contributed by atoms with E-state index in [-0.39, 0.29) is 18.3 Å². The highest BCUT2D eigenvalue weighted by molar-refractivity contribution is 5.90. The molecule has 0 bridgehead atoms. The second-order valence-corrected chi connectivity index (χ2v) is 3.21. The maximum absolute atomic E-state index is 11.3. The van der Waals surface area contributed by atoms with Crippen molar-refractivity contribution >= 4 is 5.91 Å². The van der Waals surface area contributed by atoms with Crippen LogP contribution in [0.3, 0.4) is 0 Å². The summed E-state index contributed by atoms with van der Waals surface area (Å²) in [7, 11) is 0. The van der Waals surface area contributed by atoms with Crippen molar-refractivity contribution in [2.24, 2.45) is 0 Å². The molecule has 1 aromatic rings. The van der Waals surface area contributed by atoms with Crippen LogP contribution in [0.25, 0.3) is 0 Å². The van der Waals surface area contributed by atoms with Crippen LogP contribution < -0.4 is 5.32 Å². The van der Waals surface area contributed by atoms with Crippen molar-refractivity contribution in [2.75, 3.05) is 6.54 Å². The average Bonchev–Trinajstić information content (AvgIpc) is 2.93. The Morgan fingerprint density at radius 1 is 1.71 bits per heavy atom. The smallest absolute Gasteiger partial charge is 0.291 e. The van der Waals surface area contributed by atoms with Gasteiger partial charge in [0.1, 0.15) is 5.82 Å². The second-order valence-electron chi connectivity index (χ2n) is 3.21. The van der Waals surface area contributed by atoms with Crippen molar-refractivity contribution in [3.8, 4) is 12.3 Å². The average molecular weight is 190 g/mol. The lowest BCUT2D eigenvalue weighted by Gasteiger charge is -1.93. The van der Waals surface area contributed by atoms with Gasteiger partial charge in [-0.2, -0.15) is 0 Å². The van der Waals surface area contributed by atoms with Crippen molar-refractivity contribution in [1.29, 1.82) is 0 Å². The topological polar surface area (TPSA) is 70.7 Å². The second kappa shape index (κ2) is 3.50. The van der Waals surface area contributed by atoms with E-state index in [1.54, 1.807) is 0 Å². The van der Waals surface area contributed by atoms with Crippen LogP contribution in [-0.2, 0) is 0 Å². The van der Waals surface area contributed by atoms with Crippen LogP contribution in [0, 0.1) is 12.3 Å². The largest absolute Gasteiger partial charge is 0.338 e. The van der Waals surface area contributed by atoms with Crippen LogP contribution in [0.5, 0.6) is 0 Å². The van der Waals surface area contributed by atoms with Crippen molar-refractivity contribution < 1.29 is 4.79 Å². The first-order valence-corrected chi connectivity index (χ1v) is 4.45. The van der Waals surface area contributed by atoms with Gasteiger partial charge in [-0.05, 0) is 12.8 Å². The summed E-state index contributed by atoms with van der Waals surface area (Å²) in [5.41, 5.74) is 0. The fourth-order valence-electron chi connectivity index (χ4n) is 1.13. The third-order valence-electron chi connectivity index (χ3n) is 2.02. The van der Waals surface area contributed by atoms with Crippen LogP contribution in [0.2, 0.25) is 0 Å². The Morgan fingerprint density at radius 2 is 2.50 bits per heavy atom. The molecule has 72 valence electrons. The Kier molecular flexibility index (Phi) is 2.19. The maximum atomic E-state index is 11.3. The Labute approximate surface area is 81.3 Å². The van der Waals surface area contributed by atoms with E-state index in [1.165, 1.54) is 0 Å². The van der Waals surface area contributed by atoms with Crippen LogP contribution in [0.15, 0.2) is 0 Å². The van der Waals surface area contributed by atoms with Gasteiger partial charge in [0.25, 0.3) is 5.91 Å². The van der Waals surface area contributed by atoms with Gasteiger partial charge in [-0.25, -0.2) is 4.98 Å². The SMILES string of the molecule is C#CCNC(=O)c1n[nH]c(C2CC2)n1. The minimum absolute atomic E-state index is 0.169. The number of rotatable bonds is 3. The zero-order valence-electron chi connectivity index (χ0n) is 7.58. The number of carbonyl (C=O) groups is 1. The highest BCUT2D eigenvalue weighted by atomic mass is 16.2. The molecular weight excluding hydrogens is 180 g/mol. The van der Waals surface area contributed by atoms with Gasteiger partial charge in [0.05, 0.1) is 6.54 Å². The van der Waals surface area contributed by atoms with Gasteiger partial charge >= 0.3 is 0 Å². The zero-order chi connectivity index (χ0) is 9.97. The van der Waals surface area contributed by atoms with E-state index in [2.05, 4.69) is 26.4 Å². The summed E-state index contributed by atoms with van der Waals surface area (Å²) in [5.74, 6) is 3.42. The third-order valence-corrected chi connectivity index (χ3v) is 2.02. The molecule has 1 aliphatic rings. The fourth-order valence-corrected chi connectivity index (χ4v) is 1.13. The molecule has 5 heteroatoms. The number of nitrogens with one attached hydrogen (secondary N) is 2. The summed E-state index contributed by atoms with van der Waals surface area (Å²) in [6.45, 7) is 0.201. The molecule has 1 aromatic heterocycles. The molecule has 1 aliphatic carbocycles. The Balaban J connectivity index is 2.01. The predicted molar refractivity (Wildman–Crippen MR) is 49.5 cm³/mol. The van der Waals surface area contributed by atoms with Crippen molar-refractivity contribution in [1.82, 2.24) is 20.5 Å². The van der Waals surface area contributed by atoms with E-state index >= 15 is 0 Å². The van der Waals surface area contributed by atoms with E-state index in [1.807, 2.05) is 0 Å². The van der Waals surface area contributed by atoms with Crippen LogP contribution >= 0.6 is 0 Å². The van der Waals surface area contributed by atoms with Crippen LogP contribution in [0.4, 0.5) is 0 Å². The van der Waals surface area contributed by atoms with E-state index in [4.69, 9.17) is 6.42 Å². The molecule has 1 fully saturated rings. The van der Waals surface area contributed by atoms with Crippen molar-refractivity contribution in [2.45, 2.75) is 18.8 Å². The number of hydrogen-bond acceptors (Lipinski definition) is 3. The molecule has 0 aliphatic heterocycles. The Morgan fingerprint density at radius 3 is 3.14 bits per heavy atom. The molecule has 1 amide bonds. The lowest BCUT2D eigenvalue weighted by atomic mass is 10.4. The molecule has 1 saturated carbocycles.